The molecule has 0 spiro atoms. The lowest BCUT2D eigenvalue weighted by molar-refractivity contribution is 0.0451. The number of cyclic esters (lactones) is 1. The molecule has 3 aliphatic heterocycles. The molecule has 0 unspecified atom stereocenters. The predicted molar refractivity (Wildman–Crippen MR) is 87.7 cm³/mol. The normalized spacial score (nSPS) is 18.9. The highest BCUT2D eigenvalue weighted by Gasteiger charge is 2.37. The number of aromatic nitrogens is 1. The van der Waals surface area contributed by atoms with Crippen LogP contribution in [0.4, 0.5) is 0 Å². The molecular weight excluding hydrogens is 338 g/mol. The highest BCUT2D eigenvalue weighted by atomic mass is 16.7. The third-order valence-electron chi connectivity index (χ3n) is 4.81. The van der Waals surface area contributed by atoms with E-state index >= 15 is 0 Å². The SMILES string of the molecule is O=C1O[C@@H](c2nccc3cc4c(cc23)OCO4)c2cc3c(cc21)OCO3. The van der Waals surface area contributed by atoms with Gasteiger partial charge in [-0.05, 0) is 35.7 Å². The Morgan fingerprint density at radius 3 is 2.38 bits per heavy atom. The number of ether oxygens (including phenoxy) is 5. The van der Waals surface area contributed by atoms with E-state index in [2.05, 4.69) is 4.98 Å². The lowest BCUT2D eigenvalue weighted by Crippen LogP contribution is -2.04. The number of fused-ring (bicyclic) bond motifs is 4. The van der Waals surface area contributed by atoms with E-state index in [1.807, 2.05) is 18.2 Å². The number of esters is 1. The largest absolute Gasteiger partial charge is 0.454 e. The van der Waals surface area contributed by atoms with Crippen molar-refractivity contribution in [3.63, 3.8) is 0 Å². The van der Waals surface area contributed by atoms with Crippen LogP contribution in [0.3, 0.4) is 0 Å². The van der Waals surface area contributed by atoms with Gasteiger partial charge in [0.25, 0.3) is 0 Å². The minimum absolute atomic E-state index is 0.147. The van der Waals surface area contributed by atoms with E-state index in [0.717, 1.165) is 16.3 Å². The number of hydrogen-bond acceptors (Lipinski definition) is 7. The molecule has 0 aliphatic carbocycles. The van der Waals surface area contributed by atoms with Gasteiger partial charge in [0.1, 0.15) is 0 Å². The summed E-state index contributed by atoms with van der Waals surface area (Å²) in [5.41, 5.74) is 1.84. The zero-order valence-corrected chi connectivity index (χ0v) is 13.4. The van der Waals surface area contributed by atoms with E-state index in [4.69, 9.17) is 23.7 Å². The summed E-state index contributed by atoms with van der Waals surface area (Å²) in [5, 5.41) is 1.78. The summed E-state index contributed by atoms with van der Waals surface area (Å²) in [6.45, 7) is 0.340. The van der Waals surface area contributed by atoms with Crippen LogP contribution in [0, 0.1) is 0 Å². The molecule has 0 saturated carbocycles. The molecule has 26 heavy (non-hydrogen) atoms. The lowest BCUT2D eigenvalue weighted by atomic mass is 9.98. The second-order valence-corrected chi connectivity index (χ2v) is 6.20. The molecule has 0 bridgehead atoms. The van der Waals surface area contributed by atoms with Crippen LogP contribution in [0.15, 0.2) is 36.5 Å². The summed E-state index contributed by atoms with van der Waals surface area (Å²) < 4.78 is 27.4. The summed E-state index contributed by atoms with van der Waals surface area (Å²) in [5.74, 6) is 2.10. The van der Waals surface area contributed by atoms with Crippen LogP contribution < -0.4 is 18.9 Å². The fraction of sp³-hybridized carbons (Fsp3) is 0.158. The molecule has 0 radical (unpaired) electrons. The van der Waals surface area contributed by atoms with Crippen molar-refractivity contribution >= 4 is 16.7 Å². The van der Waals surface area contributed by atoms with Crippen LogP contribution >= 0.6 is 0 Å². The zero-order chi connectivity index (χ0) is 17.3. The zero-order valence-electron chi connectivity index (χ0n) is 13.4. The topological polar surface area (TPSA) is 76.1 Å². The van der Waals surface area contributed by atoms with Gasteiger partial charge in [-0.1, -0.05) is 0 Å². The van der Waals surface area contributed by atoms with Crippen LogP contribution in [0.2, 0.25) is 0 Å². The van der Waals surface area contributed by atoms with Crippen LogP contribution in [0.1, 0.15) is 27.7 Å². The summed E-state index contributed by atoms with van der Waals surface area (Å²) in [4.78, 5) is 16.9. The number of hydrogen-bond donors (Lipinski definition) is 0. The molecule has 7 nitrogen and oxygen atoms in total. The maximum absolute atomic E-state index is 12.4. The first-order chi connectivity index (χ1) is 12.8. The maximum atomic E-state index is 12.4. The van der Waals surface area contributed by atoms with Gasteiger partial charge in [0.2, 0.25) is 13.6 Å². The fourth-order valence-corrected chi connectivity index (χ4v) is 3.58. The molecule has 3 aliphatic rings. The average molecular weight is 349 g/mol. The van der Waals surface area contributed by atoms with Crippen molar-refractivity contribution in [2.24, 2.45) is 0 Å². The fourth-order valence-electron chi connectivity index (χ4n) is 3.58. The Bertz CT molecular complexity index is 1110. The molecule has 128 valence electrons. The van der Waals surface area contributed by atoms with Gasteiger partial charge >= 0.3 is 5.97 Å². The van der Waals surface area contributed by atoms with Crippen molar-refractivity contribution in [3.8, 4) is 23.0 Å². The van der Waals surface area contributed by atoms with Crippen LogP contribution in [-0.4, -0.2) is 24.5 Å². The Morgan fingerprint density at radius 1 is 0.885 bits per heavy atom. The van der Waals surface area contributed by atoms with Crippen molar-refractivity contribution in [3.05, 3.63) is 53.3 Å². The Labute approximate surface area is 147 Å². The maximum Gasteiger partial charge on any atom is 0.339 e. The Kier molecular flexibility index (Phi) is 2.53. The van der Waals surface area contributed by atoms with Gasteiger partial charge < -0.3 is 23.7 Å². The van der Waals surface area contributed by atoms with Crippen molar-refractivity contribution in [1.29, 1.82) is 0 Å². The second kappa shape index (κ2) is 4.78. The Hall–Kier alpha value is -3.48. The number of benzene rings is 2. The second-order valence-electron chi connectivity index (χ2n) is 6.20. The van der Waals surface area contributed by atoms with Gasteiger partial charge in [0.15, 0.2) is 29.1 Å². The average Bonchev–Trinajstić information content (AvgIpc) is 3.36. The molecule has 0 saturated heterocycles. The Morgan fingerprint density at radius 2 is 1.58 bits per heavy atom. The van der Waals surface area contributed by atoms with E-state index in [0.29, 0.717) is 34.3 Å². The van der Waals surface area contributed by atoms with Crippen molar-refractivity contribution in [2.75, 3.05) is 13.6 Å². The predicted octanol–water partition coefficient (Wildman–Crippen LogP) is 2.95. The molecule has 2 aromatic carbocycles. The van der Waals surface area contributed by atoms with Crippen molar-refractivity contribution in [1.82, 2.24) is 4.98 Å². The monoisotopic (exact) mass is 349 g/mol. The summed E-state index contributed by atoms with van der Waals surface area (Å²) >= 11 is 0. The third kappa shape index (κ3) is 1.77. The molecule has 7 heteroatoms. The number of nitrogens with zero attached hydrogens (tertiary/aromatic N) is 1. The third-order valence-corrected chi connectivity index (χ3v) is 4.81. The van der Waals surface area contributed by atoms with Gasteiger partial charge in [0.05, 0.1) is 11.3 Å². The van der Waals surface area contributed by atoms with Crippen LogP contribution in [0.25, 0.3) is 10.8 Å². The molecule has 4 heterocycles. The molecule has 6 rings (SSSR count). The number of pyridine rings is 1. The summed E-state index contributed by atoms with van der Waals surface area (Å²) in [6, 6.07) is 9.12. The first kappa shape index (κ1) is 13.8. The van der Waals surface area contributed by atoms with Crippen LogP contribution in [0.5, 0.6) is 23.0 Å². The number of rotatable bonds is 1. The minimum Gasteiger partial charge on any atom is -0.454 e. The highest BCUT2D eigenvalue weighted by Crippen LogP contribution is 2.45. The summed E-state index contributed by atoms with van der Waals surface area (Å²) in [7, 11) is 0. The lowest BCUT2D eigenvalue weighted by Gasteiger charge is -2.13. The summed E-state index contributed by atoms with van der Waals surface area (Å²) in [6.07, 6.45) is 1.08. The molecule has 0 N–H and O–H groups in total. The van der Waals surface area contributed by atoms with Gasteiger partial charge in [-0.15, -0.1) is 0 Å². The quantitative estimate of drug-likeness (QED) is 0.625. The number of carbonyl (C=O) groups is 1. The van der Waals surface area contributed by atoms with Crippen molar-refractivity contribution < 1.29 is 28.5 Å². The number of carbonyl (C=O) groups excluding carboxylic acids is 1. The van der Waals surface area contributed by atoms with Crippen molar-refractivity contribution in [2.45, 2.75) is 6.10 Å². The van der Waals surface area contributed by atoms with E-state index < -0.39 is 12.1 Å². The van der Waals surface area contributed by atoms with Crippen LogP contribution in [-0.2, 0) is 4.74 Å². The van der Waals surface area contributed by atoms with E-state index in [1.54, 1.807) is 18.3 Å². The first-order valence-electron chi connectivity index (χ1n) is 8.11. The van der Waals surface area contributed by atoms with Gasteiger partial charge in [-0.3, -0.25) is 4.98 Å². The first-order valence-corrected chi connectivity index (χ1v) is 8.11. The van der Waals surface area contributed by atoms with E-state index in [1.165, 1.54) is 0 Å². The van der Waals surface area contributed by atoms with E-state index in [9.17, 15) is 4.79 Å². The van der Waals surface area contributed by atoms with Gasteiger partial charge in [0, 0.05) is 17.1 Å². The van der Waals surface area contributed by atoms with Gasteiger partial charge in [-0.2, -0.15) is 0 Å². The van der Waals surface area contributed by atoms with E-state index in [-0.39, 0.29) is 13.6 Å². The molecule has 1 aromatic heterocycles. The highest BCUT2D eigenvalue weighted by molar-refractivity contribution is 5.97. The minimum atomic E-state index is -0.615. The molecule has 3 aromatic rings. The smallest absolute Gasteiger partial charge is 0.339 e. The molecule has 0 amide bonds. The standard InChI is InChI=1S/C19H11NO6/c21-19-12-6-16-15(24-8-25-16)5-11(12)18(26-19)17-10-4-14-13(22-7-23-14)3-9(10)1-2-20-17/h1-6,18H,7-8H2/t18-/m1/s1. The molecular formula is C19H11NO6. The Balaban J connectivity index is 1.56. The van der Waals surface area contributed by atoms with Gasteiger partial charge in [-0.25, -0.2) is 4.79 Å². The molecule has 1 atom stereocenters. The molecule has 0 fully saturated rings.